The van der Waals surface area contributed by atoms with Gasteiger partial charge in [0.05, 0.1) is 24.0 Å². The Morgan fingerprint density at radius 2 is 1.83 bits per heavy atom. The van der Waals surface area contributed by atoms with Crippen LogP contribution in [0.3, 0.4) is 0 Å². The molecule has 2 N–H and O–H groups in total. The van der Waals surface area contributed by atoms with E-state index in [0.29, 0.717) is 19.0 Å². The Kier molecular flexibility index (Phi) is 8.76. The van der Waals surface area contributed by atoms with Crippen molar-refractivity contribution < 1.29 is 8.42 Å². The second-order valence-corrected chi connectivity index (χ2v) is 8.82. The molecule has 0 aromatic heterocycles. The maximum atomic E-state index is 12.8. The molecule has 8 heteroatoms. The number of anilines is 1. The van der Waals surface area contributed by atoms with Gasteiger partial charge in [-0.3, -0.25) is 9.30 Å². The van der Waals surface area contributed by atoms with E-state index in [9.17, 15) is 8.42 Å². The second kappa shape index (κ2) is 10.8. The minimum Gasteiger partial charge on any atom is -0.357 e. The normalized spacial score (nSPS) is 14.7. The Labute approximate surface area is 190 Å². The molecule has 6 nitrogen and oxygen atoms in total. The summed E-state index contributed by atoms with van der Waals surface area (Å²) >= 11 is 0. The summed E-state index contributed by atoms with van der Waals surface area (Å²) in [6.45, 7) is 5.47. The first-order chi connectivity index (χ1) is 13.5. The van der Waals surface area contributed by atoms with Crippen molar-refractivity contribution in [1.29, 1.82) is 0 Å². The smallest absolute Gasteiger partial charge is 0.237 e. The van der Waals surface area contributed by atoms with Gasteiger partial charge in [0.1, 0.15) is 0 Å². The number of fused-ring (bicyclic) bond motifs is 1. The molecule has 1 unspecified atom stereocenters. The van der Waals surface area contributed by atoms with E-state index in [1.54, 1.807) is 0 Å². The van der Waals surface area contributed by atoms with Crippen molar-refractivity contribution in [2.45, 2.75) is 26.3 Å². The molecule has 0 bridgehead atoms. The number of nitrogens with zero attached hydrogens (tertiary/aromatic N) is 2. The van der Waals surface area contributed by atoms with E-state index < -0.39 is 10.0 Å². The molecule has 2 aromatic carbocycles. The summed E-state index contributed by atoms with van der Waals surface area (Å²) in [4.78, 5) is 4.48. The Morgan fingerprint density at radius 1 is 1.14 bits per heavy atom. The molecule has 0 radical (unpaired) electrons. The SMILES string of the molecule is CCNC(=NCCS(=O)(=O)N1CCc2ccccc21)NC(C)c1ccccc1.I. The van der Waals surface area contributed by atoms with Crippen LogP contribution < -0.4 is 14.9 Å². The molecule has 3 rings (SSSR count). The number of hydrogen-bond donors (Lipinski definition) is 2. The summed E-state index contributed by atoms with van der Waals surface area (Å²) in [7, 11) is -3.39. The predicted molar refractivity (Wildman–Crippen MR) is 131 cm³/mol. The number of rotatable bonds is 7. The van der Waals surface area contributed by atoms with E-state index in [0.717, 1.165) is 23.2 Å². The quantitative estimate of drug-likeness (QED) is 0.329. The van der Waals surface area contributed by atoms with Crippen molar-refractivity contribution >= 4 is 45.6 Å². The van der Waals surface area contributed by atoms with Crippen molar-refractivity contribution in [2.24, 2.45) is 4.99 Å². The number of hydrogen-bond acceptors (Lipinski definition) is 3. The fraction of sp³-hybridized carbons (Fsp3) is 0.381. The summed E-state index contributed by atoms with van der Waals surface area (Å²) in [5.74, 6) is 0.605. The lowest BCUT2D eigenvalue weighted by Gasteiger charge is -2.20. The van der Waals surface area contributed by atoms with Gasteiger partial charge in [-0.25, -0.2) is 8.42 Å². The highest BCUT2D eigenvalue weighted by molar-refractivity contribution is 14.0. The fourth-order valence-electron chi connectivity index (χ4n) is 3.33. The zero-order valence-corrected chi connectivity index (χ0v) is 20.0. The largest absolute Gasteiger partial charge is 0.357 e. The van der Waals surface area contributed by atoms with Crippen LogP contribution in [-0.4, -0.2) is 39.8 Å². The summed E-state index contributed by atoms with van der Waals surface area (Å²) in [6, 6.07) is 17.8. The summed E-state index contributed by atoms with van der Waals surface area (Å²) in [6.07, 6.45) is 0.761. The van der Waals surface area contributed by atoms with Gasteiger partial charge < -0.3 is 10.6 Å². The molecule has 0 saturated carbocycles. The van der Waals surface area contributed by atoms with Gasteiger partial charge in [0.2, 0.25) is 10.0 Å². The van der Waals surface area contributed by atoms with Crippen molar-refractivity contribution in [3.63, 3.8) is 0 Å². The van der Waals surface area contributed by atoms with Crippen LogP contribution in [0.25, 0.3) is 0 Å². The first-order valence-electron chi connectivity index (χ1n) is 9.69. The van der Waals surface area contributed by atoms with Crippen LogP contribution in [0.5, 0.6) is 0 Å². The lowest BCUT2D eigenvalue weighted by molar-refractivity contribution is 0.592. The number of halogens is 1. The van der Waals surface area contributed by atoms with Gasteiger partial charge >= 0.3 is 0 Å². The minimum atomic E-state index is -3.39. The summed E-state index contributed by atoms with van der Waals surface area (Å²) < 4.78 is 27.1. The molecule has 0 amide bonds. The third kappa shape index (κ3) is 6.08. The molecule has 2 aromatic rings. The van der Waals surface area contributed by atoms with Crippen molar-refractivity contribution in [2.75, 3.05) is 29.7 Å². The lowest BCUT2D eigenvalue weighted by Crippen LogP contribution is -2.39. The maximum Gasteiger partial charge on any atom is 0.237 e. The monoisotopic (exact) mass is 528 g/mol. The van der Waals surface area contributed by atoms with Crippen LogP contribution in [-0.2, 0) is 16.4 Å². The van der Waals surface area contributed by atoms with Crippen LogP contribution >= 0.6 is 24.0 Å². The van der Waals surface area contributed by atoms with E-state index in [-0.39, 0.29) is 42.3 Å². The fourth-order valence-corrected chi connectivity index (χ4v) is 4.72. The van der Waals surface area contributed by atoms with Gasteiger partial charge in [-0.15, -0.1) is 24.0 Å². The molecule has 1 aliphatic heterocycles. The second-order valence-electron chi connectivity index (χ2n) is 6.80. The topological polar surface area (TPSA) is 73.8 Å². The highest BCUT2D eigenvalue weighted by Crippen LogP contribution is 2.29. The number of sulfonamides is 1. The van der Waals surface area contributed by atoms with Gasteiger partial charge in [-0.05, 0) is 37.5 Å². The molecule has 1 aliphatic rings. The van der Waals surface area contributed by atoms with E-state index >= 15 is 0 Å². The Balaban J connectivity index is 0.00000300. The average Bonchev–Trinajstić information content (AvgIpc) is 3.14. The van der Waals surface area contributed by atoms with Crippen LogP contribution in [0.2, 0.25) is 0 Å². The molecule has 1 atom stereocenters. The third-order valence-electron chi connectivity index (χ3n) is 4.80. The van der Waals surface area contributed by atoms with E-state index in [2.05, 4.69) is 34.7 Å². The predicted octanol–water partition coefficient (Wildman–Crippen LogP) is 3.31. The van der Waals surface area contributed by atoms with Gasteiger partial charge in [-0.1, -0.05) is 48.5 Å². The zero-order chi connectivity index (χ0) is 20.0. The third-order valence-corrected chi connectivity index (χ3v) is 6.55. The molecule has 0 spiro atoms. The highest BCUT2D eigenvalue weighted by Gasteiger charge is 2.28. The van der Waals surface area contributed by atoms with Crippen LogP contribution in [0.15, 0.2) is 59.6 Å². The Hall–Kier alpha value is -1.81. The number of benzene rings is 2. The van der Waals surface area contributed by atoms with Gasteiger partial charge in [-0.2, -0.15) is 0 Å². The number of para-hydroxylation sites is 1. The van der Waals surface area contributed by atoms with Crippen molar-refractivity contribution in [1.82, 2.24) is 10.6 Å². The van der Waals surface area contributed by atoms with E-state index in [1.165, 1.54) is 4.31 Å². The molecule has 29 heavy (non-hydrogen) atoms. The Bertz CT molecular complexity index is 919. The summed E-state index contributed by atoms with van der Waals surface area (Å²) in [5.41, 5.74) is 3.03. The molecule has 0 aliphatic carbocycles. The first-order valence-corrected chi connectivity index (χ1v) is 11.3. The molecule has 1 heterocycles. The highest BCUT2D eigenvalue weighted by atomic mass is 127. The average molecular weight is 528 g/mol. The van der Waals surface area contributed by atoms with Gasteiger partial charge in [0, 0.05) is 13.1 Å². The lowest BCUT2D eigenvalue weighted by atomic mass is 10.1. The molecular weight excluding hydrogens is 499 g/mol. The summed E-state index contributed by atoms with van der Waals surface area (Å²) in [5, 5.41) is 6.52. The Morgan fingerprint density at radius 3 is 2.55 bits per heavy atom. The number of nitrogens with one attached hydrogen (secondary N) is 2. The molecule has 0 saturated heterocycles. The molecule has 158 valence electrons. The maximum absolute atomic E-state index is 12.8. The van der Waals surface area contributed by atoms with Gasteiger partial charge in [0.25, 0.3) is 0 Å². The minimum absolute atomic E-state index is 0. The van der Waals surface area contributed by atoms with Gasteiger partial charge in [0.15, 0.2) is 5.96 Å². The first kappa shape index (κ1) is 23.5. The van der Waals surface area contributed by atoms with E-state index in [4.69, 9.17) is 0 Å². The van der Waals surface area contributed by atoms with Crippen LogP contribution in [0.1, 0.15) is 31.0 Å². The standard InChI is InChI=1S/C21H28N4O2S.HI/c1-3-22-21(24-17(2)18-9-5-4-6-10-18)23-14-16-28(26,27)25-15-13-19-11-7-8-12-20(19)25;/h4-12,17H,3,13-16H2,1-2H3,(H2,22,23,24);1H. The van der Waals surface area contributed by atoms with Crippen LogP contribution in [0, 0.1) is 0 Å². The van der Waals surface area contributed by atoms with Crippen molar-refractivity contribution in [3.05, 3.63) is 65.7 Å². The van der Waals surface area contributed by atoms with Crippen molar-refractivity contribution in [3.8, 4) is 0 Å². The van der Waals surface area contributed by atoms with E-state index in [1.807, 2.05) is 49.4 Å². The number of guanidine groups is 1. The molecule has 0 fully saturated rings. The zero-order valence-electron chi connectivity index (χ0n) is 16.8. The molecular formula is C21H29IN4O2S. The van der Waals surface area contributed by atoms with Crippen LogP contribution in [0.4, 0.5) is 5.69 Å². The number of aliphatic imine (C=N–C) groups is 1.